The molecule has 1 aromatic carbocycles. The zero-order valence-corrected chi connectivity index (χ0v) is 10.6. The van der Waals surface area contributed by atoms with Gasteiger partial charge in [0.1, 0.15) is 5.76 Å². The van der Waals surface area contributed by atoms with E-state index in [4.69, 9.17) is 16.0 Å². The van der Waals surface area contributed by atoms with Crippen LogP contribution < -0.4 is 5.32 Å². The third-order valence-corrected chi connectivity index (χ3v) is 2.84. The van der Waals surface area contributed by atoms with E-state index in [9.17, 15) is 0 Å². The SMILES string of the molecule is CCCNC(c1cccc(Cl)c1)c1ccco1. The van der Waals surface area contributed by atoms with Crippen molar-refractivity contribution in [3.63, 3.8) is 0 Å². The molecule has 1 aromatic heterocycles. The highest BCUT2D eigenvalue weighted by molar-refractivity contribution is 6.30. The highest BCUT2D eigenvalue weighted by Gasteiger charge is 2.15. The summed E-state index contributed by atoms with van der Waals surface area (Å²) in [5.74, 6) is 0.917. The largest absolute Gasteiger partial charge is 0.467 e. The average molecular weight is 250 g/mol. The average Bonchev–Trinajstić information content (AvgIpc) is 2.83. The molecule has 1 heterocycles. The van der Waals surface area contributed by atoms with Gasteiger partial charge in [0.15, 0.2) is 0 Å². The van der Waals surface area contributed by atoms with Gasteiger partial charge in [-0.3, -0.25) is 0 Å². The minimum atomic E-state index is 0.0728. The third-order valence-electron chi connectivity index (χ3n) is 2.61. The second kappa shape index (κ2) is 5.89. The van der Waals surface area contributed by atoms with E-state index in [2.05, 4.69) is 18.3 Å². The van der Waals surface area contributed by atoms with Crippen LogP contribution in [0.25, 0.3) is 0 Å². The Morgan fingerprint density at radius 2 is 2.18 bits per heavy atom. The molecule has 0 spiro atoms. The lowest BCUT2D eigenvalue weighted by molar-refractivity contribution is 0.446. The zero-order valence-electron chi connectivity index (χ0n) is 9.82. The molecule has 0 amide bonds. The molecule has 2 rings (SSSR count). The number of benzene rings is 1. The first-order chi connectivity index (χ1) is 8.31. The quantitative estimate of drug-likeness (QED) is 0.866. The standard InChI is InChI=1S/C14H16ClNO/c1-2-8-16-14(13-7-4-9-17-13)11-5-3-6-12(15)10-11/h3-7,9-10,14,16H,2,8H2,1H3. The number of rotatable bonds is 5. The Morgan fingerprint density at radius 1 is 1.29 bits per heavy atom. The van der Waals surface area contributed by atoms with Crippen molar-refractivity contribution in [2.45, 2.75) is 19.4 Å². The van der Waals surface area contributed by atoms with Crippen LogP contribution in [-0.4, -0.2) is 6.54 Å². The maximum atomic E-state index is 6.03. The normalized spacial score (nSPS) is 12.6. The van der Waals surface area contributed by atoms with Gasteiger partial charge in [-0.05, 0) is 42.8 Å². The summed E-state index contributed by atoms with van der Waals surface area (Å²) in [5, 5.41) is 4.21. The molecule has 0 fully saturated rings. The summed E-state index contributed by atoms with van der Waals surface area (Å²) in [6.45, 7) is 3.09. The Morgan fingerprint density at radius 3 is 2.82 bits per heavy atom. The van der Waals surface area contributed by atoms with Crippen LogP contribution in [0.2, 0.25) is 5.02 Å². The Labute approximate surface area is 107 Å². The van der Waals surface area contributed by atoms with Gasteiger partial charge < -0.3 is 9.73 Å². The molecule has 2 nitrogen and oxygen atoms in total. The van der Waals surface area contributed by atoms with Crippen molar-refractivity contribution in [3.8, 4) is 0 Å². The lowest BCUT2D eigenvalue weighted by Crippen LogP contribution is -2.22. The first-order valence-electron chi connectivity index (χ1n) is 5.83. The van der Waals surface area contributed by atoms with E-state index in [-0.39, 0.29) is 6.04 Å². The summed E-state index contributed by atoms with van der Waals surface area (Å²) < 4.78 is 5.48. The van der Waals surface area contributed by atoms with Gasteiger partial charge in [-0.2, -0.15) is 0 Å². The van der Waals surface area contributed by atoms with Gasteiger partial charge in [0, 0.05) is 5.02 Å². The van der Waals surface area contributed by atoms with Crippen LogP contribution in [0.1, 0.15) is 30.7 Å². The molecular weight excluding hydrogens is 234 g/mol. The lowest BCUT2D eigenvalue weighted by atomic mass is 10.0. The minimum absolute atomic E-state index is 0.0728. The molecule has 0 radical (unpaired) electrons. The Hall–Kier alpha value is -1.25. The molecule has 1 atom stereocenters. The predicted molar refractivity (Wildman–Crippen MR) is 70.3 cm³/mol. The van der Waals surface area contributed by atoms with E-state index in [1.807, 2.05) is 30.3 Å². The number of furan rings is 1. The lowest BCUT2D eigenvalue weighted by Gasteiger charge is -2.16. The molecule has 1 N–H and O–H groups in total. The first kappa shape index (κ1) is 12.2. The van der Waals surface area contributed by atoms with Crippen LogP contribution >= 0.6 is 11.6 Å². The molecular formula is C14H16ClNO. The molecule has 0 saturated heterocycles. The molecule has 0 aliphatic carbocycles. The maximum Gasteiger partial charge on any atom is 0.125 e. The smallest absolute Gasteiger partial charge is 0.125 e. The molecule has 0 saturated carbocycles. The van der Waals surface area contributed by atoms with Crippen molar-refractivity contribution in [2.24, 2.45) is 0 Å². The van der Waals surface area contributed by atoms with Gasteiger partial charge in [0.2, 0.25) is 0 Å². The molecule has 90 valence electrons. The molecule has 2 aromatic rings. The summed E-state index contributed by atoms with van der Waals surface area (Å²) in [5.41, 5.74) is 1.13. The first-order valence-corrected chi connectivity index (χ1v) is 6.21. The van der Waals surface area contributed by atoms with Crippen LogP contribution in [0.15, 0.2) is 47.1 Å². The molecule has 0 aliphatic heterocycles. The number of hydrogen-bond donors (Lipinski definition) is 1. The molecule has 1 unspecified atom stereocenters. The van der Waals surface area contributed by atoms with E-state index in [1.165, 1.54) is 0 Å². The topological polar surface area (TPSA) is 25.2 Å². The van der Waals surface area contributed by atoms with Crippen molar-refractivity contribution < 1.29 is 4.42 Å². The highest BCUT2D eigenvalue weighted by atomic mass is 35.5. The number of nitrogens with one attached hydrogen (secondary N) is 1. The van der Waals surface area contributed by atoms with Gasteiger partial charge in [-0.15, -0.1) is 0 Å². The molecule has 3 heteroatoms. The Kier molecular flexibility index (Phi) is 4.24. The van der Waals surface area contributed by atoms with Crippen molar-refractivity contribution in [1.82, 2.24) is 5.32 Å². The summed E-state index contributed by atoms with van der Waals surface area (Å²) in [6.07, 6.45) is 2.78. The van der Waals surface area contributed by atoms with Gasteiger partial charge in [-0.1, -0.05) is 30.7 Å². The minimum Gasteiger partial charge on any atom is -0.467 e. The molecule has 0 bridgehead atoms. The van der Waals surface area contributed by atoms with E-state index >= 15 is 0 Å². The monoisotopic (exact) mass is 249 g/mol. The van der Waals surface area contributed by atoms with Crippen molar-refractivity contribution in [1.29, 1.82) is 0 Å². The van der Waals surface area contributed by atoms with Crippen LogP contribution in [0.3, 0.4) is 0 Å². The fourth-order valence-corrected chi connectivity index (χ4v) is 2.01. The summed E-state index contributed by atoms with van der Waals surface area (Å²) >= 11 is 6.03. The molecule has 17 heavy (non-hydrogen) atoms. The summed E-state index contributed by atoms with van der Waals surface area (Å²) in [6, 6.07) is 11.8. The highest BCUT2D eigenvalue weighted by Crippen LogP contribution is 2.24. The van der Waals surface area contributed by atoms with Crippen LogP contribution in [-0.2, 0) is 0 Å². The van der Waals surface area contributed by atoms with Gasteiger partial charge >= 0.3 is 0 Å². The maximum absolute atomic E-state index is 6.03. The predicted octanol–water partition coefficient (Wildman–Crippen LogP) is 4.02. The second-order valence-electron chi connectivity index (χ2n) is 3.96. The van der Waals surface area contributed by atoms with Gasteiger partial charge in [0.05, 0.1) is 12.3 Å². The fraction of sp³-hybridized carbons (Fsp3) is 0.286. The van der Waals surface area contributed by atoms with E-state index in [1.54, 1.807) is 6.26 Å². The third kappa shape index (κ3) is 3.11. The Balaban J connectivity index is 2.27. The van der Waals surface area contributed by atoms with Crippen molar-refractivity contribution in [2.75, 3.05) is 6.54 Å². The van der Waals surface area contributed by atoms with Crippen LogP contribution in [0.4, 0.5) is 0 Å². The van der Waals surface area contributed by atoms with Crippen molar-refractivity contribution in [3.05, 3.63) is 59.0 Å². The number of halogens is 1. The van der Waals surface area contributed by atoms with Crippen LogP contribution in [0.5, 0.6) is 0 Å². The van der Waals surface area contributed by atoms with E-state index < -0.39 is 0 Å². The molecule has 0 aliphatic rings. The second-order valence-corrected chi connectivity index (χ2v) is 4.39. The van der Waals surface area contributed by atoms with Crippen LogP contribution in [0, 0.1) is 0 Å². The van der Waals surface area contributed by atoms with Gasteiger partial charge in [0.25, 0.3) is 0 Å². The van der Waals surface area contributed by atoms with E-state index in [0.717, 1.165) is 29.3 Å². The number of hydrogen-bond acceptors (Lipinski definition) is 2. The Bertz CT molecular complexity index is 453. The van der Waals surface area contributed by atoms with E-state index in [0.29, 0.717) is 0 Å². The van der Waals surface area contributed by atoms with Gasteiger partial charge in [-0.25, -0.2) is 0 Å². The van der Waals surface area contributed by atoms with Crippen molar-refractivity contribution >= 4 is 11.6 Å². The summed E-state index contributed by atoms with van der Waals surface area (Å²) in [7, 11) is 0. The zero-order chi connectivity index (χ0) is 12.1. The fourth-order valence-electron chi connectivity index (χ4n) is 1.81. The summed E-state index contributed by atoms with van der Waals surface area (Å²) in [4.78, 5) is 0.